The van der Waals surface area contributed by atoms with Crippen molar-refractivity contribution in [1.29, 1.82) is 0 Å². The van der Waals surface area contributed by atoms with E-state index in [0.717, 1.165) is 5.69 Å². The van der Waals surface area contributed by atoms with Crippen LogP contribution < -0.4 is 20.3 Å². The van der Waals surface area contributed by atoms with E-state index in [0.29, 0.717) is 19.4 Å². The average molecular weight is 502 g/mol. The van der Waals surface area contributed by atoms with Gasteiger partial charge in [-0.05, 0) is 63.1 Å². The number of amides is 2. The molecule has 1 aliphatic heterocycles. The van der Waals surface area contributed by atoms with Crippen LogP contribution in [0.5, 0.6) is 11.5 Å². The second-order valence-electron chi connectivity index (χ2n) is 9.10. The van der Waals surface area contributed by atoms with Crippen molar-refractivity contribution in [3.8, 4) is 11.5 Å². The number of nitrogens with zero attached hydrogens (tertiary/aromatic N) is 1. The van der Waals surface area contributed by atoms with Crippen LogP contribution in [0.25, 0.3) is 0 Å². The van der Waals surface area contributed by atoms with E-state index >= 15 is 0 Å². The number of aliphatic hydroxyl groups is 1. The maximum atomic E-state index is 12.4. The van der Waals surface area contributed by atoms with E-state index in [-0.39, 0.29) is 30.1 Å². The Labute approximate surface area is 208 Å². The number of carbonyl (C=O) groups excluding carboxylic acids is 2. The van der Waals surface area contributed by atoms with Gasteiger partial charge in [-0.25, -0.2) is 14.4 Å². The number of hydrogen-bond acceptors (Lipinski definition) is 8. The van der Waals surface area contributed by atoms with Crippen molar-refractivity contribution in [2.75, 3.05) is 18.0 Å². The van der Waals surface area contributed by atoms with E-state index in [1.54, 1.807) is 4.90 Å². The number of esters is 1. The predicted octanol–water partition coefficient (Wildman–Crippen LogP) is 1.83. The molecule has 11 heteroatoms. The highest BCUT2D eigenvalue weighted by Gasteiger charge is 2.34. The maximum Gasteiger partial charge on any atom is 0.417 e. The fourth-order valence-corrected chi connectivity index (χ4v) is 3.82. The molecule has 1 heterocycles. The SMILES string of the molecule is CC(C)(CCC1CNC(=O)N1c1ccccc1)NCC(OC(=O)C(=O)O)C(O)Oc1ccc(O)cc1. The van der Waals surface area contributed by atoms with Gasteiger partial charge in [-0.1, -0.05) is 18.2 Å². The van der Waals surface area contributed by atoms with Gasteiger partial charge < -0.3 is 35.4 Å². The lowest BCUT2D eigenvalue weighted by Gasteiger charge is -2.32. The maximum absolute atomic E-state index is 12.4. The summed E-state index contributed by atoms with van der Waals surface area (Å²) in [6, 6.07) is 14.6. The van der Waals surface area contributed by atoms with Crippen LogP contribution in [-0.4, -0.2) is 70.4 Å². The molecule has 1 saturated heterocycles. The van der Waals surface area contributed by atoms with Gasteiger partial charge in [0, 0.05) is 24.3 Å². The van der Waals surface area contributed by atoms with E-state index in [1.807, 2.05) is 44.2 Å². The van der Waals surface area contributed by atoms with E-state index in [1.165, 1.54) is 24.3 Å². The summed E-state index contributed by atoms with van der Waals surface area (Å²) in [6.07, 6.45) is -1.74. The molecule has 2 amide bonds. The number of aromatic hydroxyl groups is 1. The van der Waals surface area contributed by atoms with Crippen molar-refractivity contribution in [1.82, 2.24) is 10.6 Å². The normalized spacial score (nSPS) is 17.2. The Bertz CT molecular complexity index is 1050. The molecule has 0 spiro atoms. The first-order valence-electron chi connectivity index (χ1n) is 11.5. The lowest BCUT2D eigenvalue weighted by Crippen LogP contribution is -2.50. The summed E-state index contributed by atoms with van der Waals surface area (Å²) in [4.78, 5) is 36.8. The lowest BCUT2D eigenvalue weighted by atomic mass is 9.94. The molecule has 0 radical (unpaired) electrons. The summed E-state index contributed by atoms with van der Waals surface area (Å²) in [5.74, 6) is -3.13. The van der Waals surface area contributed by atoms with Crippen LogP contribution in [-0.2, 0) is 14.3 Å². The molecule has 3 unspecified atom stereocenters. The Kier molecular flexibility index (Phi) is 8.73. The van der Waals surface area contributed by atoms with Crippen molar-refractivity contribution in [2.45, 2.75) is 50.7 Å². The first-order valence-corrected chi connectivity index (χ1v) is 11.5. The summed E-state index contributed by atoms with van der Waals surface area (Å²) in [7, 11) is 0. The van der Waals surface area contributed by atoms with Crippen LogP contribution in [0.3, 0.4) is 0 Å². The minimum atomic E-state index is -1.80. The van der Waals surface area contributed by atoms with Crippen molar-refractivity contribution in [2.24, 2.45) is 0 Å². The minimum Gasteiger partial charge on any atom is -0.508 e. The number of phenolic OH excluding ortho intramolecular Hbond substituents is 1. The number of benzene rings is 2. The van der Waals surface area contributed by atoms with Gasteiger partial charge in [-0.15, -0.1) is 0 Å². The van der Waals surface area contributed by atoms with Gasteiger partial charge in [0.05, 0.1) is 6.04 Å². The molecular formula is C25H31N3O8. The van der Waals surface area contributed by atoms with Gasteiger partial charge >= 0.3 is 18.0 Å². The highest BCUT2D eigenvalue weighted by atomic mass is 16.6. The second-order valence-corrected chi connectivity index (χ2v) is 9.10. The third kappa shape index (κ3) is 7.33. The van der Waals surface area contributed by atoms with E-state index in [4.69, 9.17) is 14.6 Å². The topological polar surface area (TPSA) is 158 Å². The summed E-state index contributed by atoms with van der Waals surface area (Å²) < 4.78 is 10.3. The van der Waals surface area contributed by atoms with Crippen LogP contribution in [0.2, 0.25) is 0 Å². The largest absolute Gasteiger partial charge is 0.508 e. The molecular weight excluding hydrogens is 470 g/mol. The van der Waals surface area contributed by atoms with Crippen LogP contribution in [0.4, 0.5) is 10.5 Å². The highest BCUT2D eigenvalue weighted by Crippen LogP contribution is 2.25. The molecule has 194 valence electrons. The predicted molar refractivity (Wildman–Crippen MR) is 130 cm³/mol. The zero-order valence-electron chi connectivity index (χ0n) is 20.1. The molecule has 36 heavy (non-hydrogen) atoms. The summed E-state index contributed by atoms with van der Waals surface area (Å²) in [6.45, 7) is 4.22. The molecule has 3 atom stereocenters. The molecule has 11 nitrogen and oxygen atoms in total. The lowest BCUT2D eigenvalue weighted by molar-refractivity contribution is -0.180. The standard InChI is InChI=1S/C25H31N3O8/c1-25(2,13-12-17-14-26-24(34)28(17)16-6-4-3-5-7-16)27-15-20(36-23(33)21(30)31)22(32)35-19-10-8-18(29)9-11-19/h3-11,17,20,22,27,29,32H,12-15H2,1-2H3,(H,26,34)(H,30,31). The first kappa shape index (κ1) is 26.8. The molecule has 5 N–H and O–H groups in total. The number of anilines is 1. The van der Waals surface area contributed by atoms with Crippen LogP contribution in [0.15, 0.2) is 54.6 Å². The Morgan fingerprint density at radius 3 is 2.47 bits per heavy atom. The number of hydrogen-bond donors (Lipinski definition) is 5. The van der Waals surface area contributed by atoms with Crippen molar-refractivity contribution in [3.05, 3.63) is 54.6 Å². The van der Waals surface area contributed by atoms with E-state index < -0.39 is 29.9 Å². The first-order chi connectivity index (χ1) is 17.1. The smallest absolute Gasteiger partial charge is 0.417 e. The molecule has 0 aromatic heterocycles. The van der Waals surface area contributed by atoms with Crippen molar-refractivity contribution >= 4 is 23.7 Å². The van der Waals surface area contributed by atoms with Gasteiger partial charge in [-0.2, -0.15) is 0 Å². The second kappa shape index (κ2) is 11.7. The quantitative estimate of drug-likeness (QED) is 0.176. The van der Waals surface area contributed by atoms with Gasteiger partial charge in [0.2, 0.25) is 6.29 Å². The van der Waals surface area contributed by atoms with Crippen LogP contribution in [0, 0.1) is 0 Å². The monoisotopic (exact) mass is 501 g/mol. The molecule has 3 rings (SSSR count). The molecule has 1 aliphatic rings. The number of rotatable bonds is 11. The van der Waals surface area contributed by atoms with Crippen molar-refractivity contribution < 1.29 is 39.2 Å². The third-order valence-corrected chi connectivity index (χ3v) is 5.84. The highest BCUT2D eigenvalue weighted by molar-refractivity contribution is 6.28. The minimum absolute atomic E-state index is 0.000830. The van der Waals surface area contributed by atoms with Gasteiger partial charge in [0.25, 0.3) is 0 Å². The Balaban J connectivity index is 1.61. The Hall–Kier alpha value is -3.83. The molecule has 1 fully saturated rings. The van der Waals surface area contributed by atoms with Gasteiger partial charge in [-0.3, -0.25) is 4.90 Å². The zero-order valence-corrected chi connectivity index (χ0v) is 20.1. The fourth-order valence-electron chi connectivity index (χ4n) is 3.82. The number of carboxylic acid groups (broad SMARTS) is 1. The number of carboxylic acids is 1. The fraction of sp³-hybridized carbons (Fsp3) is 0.400. The summed E-state index contributed by atoms with van der Waals surface area (Å²) in [5, 5.41) is 34.9. The van der Waals surface area contributed by atoms with Crippen molar-refractivity contribution in [3.63, 3.8) is 0 Å². The number of aliphatic hydroxyl groups excluding tert-OH is 1. The number of para-hydroxylation sites is 1. The van der Waals surface area contributed by atoms with Gasteiger partial charge in [0.15, 0.2) is 6.10 Å². The number of carbonyl (C=O) groups is 3. The van der Waals surface area contributed by atoms with Gasteiger partial charge in [0.1, 0.15) is 11.5 Å². The molecule has 0 saturated carbocycles. The summed E-state index contributed by atoms with van der Waals surface area (Å²) in [5.41, 5.74) is 0.276. The number of phenols is 1. The van der Waals surface area contributed by atoms with E-state index in [9.17, 15) is 24.6 Å². The Morgan fingerprint density at radius 1 is 1.17 bits per heavy atom. The van der Waals surface area contributed by atoms with E-state index in [2.05, 4.69) is 10.6 Å². The number of aliphatic carboxylic acids is 1. The molecule has 0 aliphatic carbocycles. The molecule has 2 aromatic carbocycles. The number of urea groups is 1. The number of nitrogens with one attached hydrogen (secondary N) is 2. The van der Waals surface area contributed by atoms with Crippen LogP contribution in [0.1, 0.15) is 26.7 Å². The summed E-state index contributed by atoms with van der Waals surface area (Å²) >= 11 is 0. The third-order valence-electron chi connectivity index (χ3n) is 5.84. The van der Waals surface area contributed by atoms with Crippen LogP contribution >= 0.6 is 0 Å². The molecule has 0 bridgehead atoms. The molecule has 2 aromatic rings. The zero-order chi connectivity index (χ0) is 26.3. The Morgan fingerprint density at radius 2 is 1.83 bits per heavy atom. The average Bonchev–Trinajstić information content (AvgIpc) is 3.22. The number of ether oxygens (including phenoxy) is 2.